The monoisotopic (exact) mass is 367 g/mol. The van der Waals surface area contributed by atoms with Crippen molar-refractivity contribution in [3.63, 3.8) is 0 Å². The molecule has 6 heteroatoms. The van der Waals surface area contributed by atoms with Gasteiger partial charge in [0.1, 0.15) is 5.69 Å². The van der Waals surface area contributed by atoms with Gasteiger partial charge in [-0.3, -0.25) is 4.79 Å². The van der Waals surface area contributed by atoms with Gasteiger partial charge >= 0.3 is 0 Å². The number of hydrogen-bond acceptors (Lipinski definition) is 4. The minimum atomic E-state index is -0.115. The van der Waals surface area contributed by atoms with E-state index in [0.717, 1.165) is 17.8 Å². The van der Waals surface area contributed by atoms with Crippen LogP contribution in [0.3, 0.4) is 0 Å². The van der Waals surface area contributed by atoms with Crippen molar-refractivity contribution in [2.75, 3.05) is 13.1 Å². The first-order valence-electron chi connectivity index (χ1n) is 7.92. The van der Waals surface area contributed by atoms with Crippen molar-refractivity contribution in [3.8, 4) is 0 Å². The van der Waals surface area contributed by atoms with Crippen molar-refractivity contribution >= 4 is 29.7 Å². The van der Waals surface area contributed by atoms with E-state index in [2.05, 4.69) is 55.3 Å². The van der Waals surface area contributed by atoms with E-state index in [1.807, 2.05) is 0 Å². The molecule has 1 aromatic heterocycles. The maximum Gasteiger partial charge on any atom is 0.270 e. The van der Waals surface area contributed by atoms with Gasteiger partial charge in [-0.15, -0.1) is 23.7 Å². The average molecular weight is 368 g/mol. The van der Waals surface area contributed by atoms with Gasteiger partial charge in [0.15, 0.2) is 0 Å². The molecule has 0 saturated heterocycles. The molecule has 3 N–H and O–H groups in total. The zero-order valence-electron chi connectivity index (χ0n) is 14.5. The molecule has 4 nitrogen and oxygen atoms in total. The number of rotatable bonds is 6. The molecule has 0 atom stereocenters. The Morgan fingerprint density at radius 1 is 1.21 bits per heavy atom. The van der Waals surface area contributed by atoms with E-state index in [4.69, 9.17) is 5.73 Å². The molecular weight excluding hydrogens is 342 g/mol. The van der Waals surface area contributed by atoms with Gasteiger partial charge in [0.2, 0.25) is 0 Å². The predicted molar refractivity (Wildman–Crippen MR) is 103 cm³/mol. The van der Waals surface area contributed by atoms with Gasteiger partial charge in [-0.25, -0.2) is 4.98 Å². The number of nitrogens with one attached hydrogen (secondary N) is 1. The lowest BCUT2D eigenvalue weighted by Crippen LogP contribution is -2.26. The maximum atomic E-state index is 12.0. The molecule has 0 fully saturated rings. The van der Waals surface area contributed by atoms with Crippen molar-refractivity contribution in [1.82, 2.24) is 10.3 Å². The Balaban J connectivity index is 0.00000288. The molecule has 1 aromatic carbocycles. The second kappa shape index (κ2) is 9.16. The van der Waals surface area contributed by atoms with E-state index in [1.54, 1.807) is 5.38 Å². The summed E-state index contributed by atoms with van der Waals surface area (Å²) in [6.45, 7) is 7.77. The molecule has 0 spiro atoms. The van der Waals surface area contributed by atoms with Crippen LogP contribution in [0, 0.1) is 0 Å². The van der Waals surface area contributed by atoms with Gasteiger partial charge in [0.25, 0.3) is 5.91 Å². The molecule has 0 saturated carbocycles. The fourth-order valence-corrected chi connectivity index (χ4v) is 3.03. The van der Waals surface area contributed by atoms with E-state index >= 15 is 0 Å². The summed E-state index contributed by atoms with van der Waals surface area (Å²) in [5.74, 6) is -0.115. The zero-order chi connectivity index (χ0) is 16.9. The van der Waals surface area contributed by atoms with Crippen LogP contribution in [0.4, 0.5) is 0 Å². The summed E-state index contributed by atoms with van der Waals surface area (Å²) in [5, 5.41) is 5.62. The number of hydrogen-bond donors (Lipinski definition) is 2. The number of benzene rings is 1. The fourth-order valence-electron chi connectivity index (χ4n) is 2.24. The topological polar surface area (TPSA) is 68.0 Å². The van der Waals surface area contributed by atoms with E-state index in [-0.39, 0.29) is 23.7 Å². The fraction of sp³-hybridized carbons (Fsp3) is 0.444. The van der Waals surface area contributed by atoms with Crippen LogP contribution in [-0.2, 0) is 18.3 Å². The van der Waals surface area contributed by atoms with Gasteiger partial charge in [0, 0.05) is 18.3 Å². The van der Waals surface area contributed by atoms with Gasteiger partial charge in [-0.05, 0) is 29.5 Å². The smallest absolute Gasteiger partial charge is 0.270 e. The van der Waals surface area contributed by atoms with Gasteiger partial charge < -0.3 is 11.1 Å². The molecule has 0 unspecified atom stereocenters. The molecule has 0 aliphatic rings. The normalized spacial score (nSPS) is 11.0. The summed E-state index contributed by atoms with van der Waals surface area (Å²) < 4.78 is 0. The van der Waals surface area contributed by atoms with E-state index in [0.29, 0.717) is 18.8 Å². The van der Waals surface area contributed by atoms with Crippen LogP contribution in [0.25, 0.3) is 0 Å². The lowest BCUT2D eigenvalue weighted by Gasteiger charge is -2.19. The Morgan fingerprint density at radius 3 is 2.46 bits per heavy atom. The molecular formula is C18H26ClN3OS. The number of amides is 1. The predicted octanol–water partition coefficient (Wildman–Crippen LogP) is 3.34. The molecule has 24 heavy (non-hydrogen) atoms. The van der Waals surface area contributed by atoms with E-state index in [9.17, 15) is 4.79 Å². The summed E-state index contributed by atoms with van der Waals surface area (Å²) >= 11 is 1.48. The van der Waals surface area contributed by atoms with Crippen LogP contribution in [0.5, 0.6) is 0 Å². The second-order valence-corrected chi connectivity index (χ2v) is 7.56. The summed E-state index contributed by atoms with van der Waals surface area (Å²) in [6.07, 6.45) is 1.54. The summed E-state index contributed by atoms with van der Waals surface area (Å²) in [4.78, 5) is 16.3. The van der Waals surface area contributed by atoms with E-state index in [1.165, 1.54) is 22.5 Å². The SMILES string of the molecule is CC(C)(C)c1ccc(CCNC(=O)c2csc(CCN)n2)cc1.Cl. The van der Waals surface area contributed by atoms with Crippen LogP contribution in [-0.4, -0.2) is 24.0 Å². The largest absolute Gasteiger partial charge is 0.350 e. The van der Waals surface area contributed by atoms with Gasteiger partial charge in [-0.1, -0.05) is 45.0 Å². The Kier molecular flexibility index (Phi) is 7.87. The molecule has 0 aliphatic carbocycles. The number of aromatic nitrogens is 1. The van der Waals surface area contributed by atoms with Crippen molar-refractivity contribution in [3.05, 3.63) is 51.5 Å². The first kappa shape index (κ1) is 20.6. The van der Waals surface area contributed by atoms with Crippen molar-refractivity contribution in [2.24, 2.45) is 5.73 Å². The van der Waals surface area contributed by atoms with Crippen molar-refractivity contribution < 1.29 is 4.79 Å². The minimum absolute atomic E-state index is 0. The molecule has 2 aromatic rings. The molecule has 132 valence electrons. The lowest BCUT2D eigenvalue weighted by atomic mass is 9.86. The maximum absolute atomic E-state index is 12.0. The van der Waals surface area contributed by atoms with Gasteiger partial charge in [0.05, 0.1) is 5.01 Å². The Bertz CT molecular complexity index is 647. The number of carbonyl (C=O) groups excluding carboxylic acids is 1. The third-order valence-electron chi connectivity index (χ3n) is 3.66. The Labute approximate surface area is 154 Å². The highest BCUT2D eigenvalue weighted by molar-refractivity contribution is 7.09. The van der Waals surface area contributed by atoms with Crippen LogP contribution >= 0.6 is 23.7 Å². The highest BCUT2D eigenvalue weighted by Crippen LogP contribution is 2.22. The highest BCUT2D eigenvalue weighted by Gasteiger charge is 2.13. The highest BCUT2D eigenvalue weighted by atomic mass is 35.5. The molecule has 1 heterocycles. The summed E-state index contributed by atoms with van der Waals surface area (Å²) in [6, 6.07) is 8.59. The lowest BCUT2D eigenvalue weighted by molar-refractivity contribution is 0.0949. The van der Waals surface area contributed by atoms with Gasteiger partial charge in [-0.2, -0.15) is 0 Å². The standard InChI is InChI=1S/C18H25N3OS.ClH/c1-18(2,3)14-6-4-13(5-7-14)9-11-20-17(22)15-12-23-16(21-15)8-10-19;/h4-7,12H,8-11,19H2,1-3H3,(H,20,22);1H. The summed E-state index contributed by atoms with van der Waals surface area (Å²) in [5.41, 5.74) is 8.69. The second-order valence-electron chi connectivity index (χ2n) is 6.62. The first-order chi connectivity index (χ1) is 10.9. The van der Waals surface area contributed by atoms with Crippen molar-refractivity contribution in [2.45, 2.75) is 39.0 Å². The average Bonchev–Trinajstić information content (AvgIpc) is 2.96. The molecule has 2 rings (SSSR count). The van der Waals surface area contributed by atoms with Crippen LogP contribution < -0.4 is 11.1 Å². The third-order valence-corrected chi connectivity index (χ3v) is 4.57. The molecule has 1 amide bonds. The Morgan fingerprint density at radius 2 is 1.88 bits per heavy atom. The first-order valence-corrected chi connectivity index (χ1v) is 8.80. The molecule has 0 aliphatic heterocycles. The minimum Gasteiger partial charge on any atom is -0.350 e. The number of nitrogens with zero attached hydrogens (tertiary/aromatic N) is 1. The number of halogens is 1. The van der Waals surface area contributed by atoms with Crippen LogP contribution in [0.15, 0.2) is 29.6 Å². The van der Waals surface area contributed by atoms with Crippen molar-refractivity contribution in [1.29, 1.82) is 0 Å². The van der Waals surface area contributed by atoms with Crippen LogP contribution in [0.1, 0.15) is 47.4 Å². The molecule has 0 radical (unpaired) electrons. The number of nitrogens with two attached hydrogens (primary N) is 1. The van der Waals surface area contributed by atoms with E-state index < -0.39 is 0 Å². The Hall–Kier alpha value is -1.43. The summed E-state index contributed by atoms with van der Waals surface area (Å²) in [7, 11) is 0. The molecule has 0 bridgehead atoms. The van der Waals surface area contributed by atoms with Crippen LogP contribution in [0.2, 0.25) is 0 Å². The third kappa shape index (κ3) is 5.89. The zero-order valence-corrected chi connectivity index (χ0v) is 16.1. The number of thiazole rings is 1. The quantitative estimate of drug-likeness (QED) is 0.822. The number of carbonyl (C=O) groups is 1.